The zero-order valence-electron chi connectivity index (χ0n) is 15.9. The monoisotopic (exact) mass is 429 g/mol. The van der Waals surface area contributed by atoms with Crippen LogP contribution in [0, 0.1) is 12.7 Å². The summed E-state index contributed by atoms with van der Waals surface area (Å²) in [6, 6.07) is 10.4. The maximum Gasteiger partial charge on any atom is 0.338 e. The minimum atomic E-state index is -0.769. The van der Waals surface area contributed by atoms with E-state index in [9.17, 15) is 18.8 Å². The van der Waals surface area contributed by atoms with Crippen molar-refractivity contribution >= 4 is 35.2 Å². The minimum absolute atomic E-state index is 0.101. The number of nitrogens with one attached hydrogen (secondary N) is 2. The maximum atomic E-state index is 14.0. The first kappa shape index (κ1) is 19.9. The third-order valence-electron chi connectivity index (χ3n) is 4.94. The van der Waals surface area contributed by atoms with Crippen molar-refractivity contribution in [2.45, 2.75) is 13.0 Å². The van der Waals surface area contributed by atoms with Gasteiger partial charge in [-0.05, 0) is 24.6 Å². The summed E-state index contributed by atoms with van der Waals surface area (Å²) in [5.41, 5.74) is 2.26. The van der Waals surface area contributed by atoms with Crippen LogP contribution < -0.4 is 10.6 Å². The number of carbonyl (C=O) groups excluding carboxylic acids is 3. The van der Waals surface area contributed by atoms with Crippen molar-refractivity contribution in [1.29, 1.82) is 0 Å². The van der Waals surface area contributed by atoms with E-state index in [-0.39, 0.29) is 22.9 Å². The molecule has 1 atom stereocenters. The summed E-state index contributed by atoms with van der Waals surface area (Å²) in [4.78, 5) is 38.7. The van der Waals surface area contributed by atoms with Gasteiger partial charge in [0.25, 0.3) is 0 Å². The molecule has 2 aromatic carbocycles. The number of carbonyl (C=O) groups is 3. The van der Waals surface area contributed by atoms with Gasteiger partial charge in [-0.2, -0.15) is 0 Å². The predicted molar refractivity (Wildman–Crippen MR) is 107 cm³/mol. The van der Waals surface area contributed by atoms with Gasteiger partial charge in [-0.1, -0.05) is 47.5 Å². The Labute approximate surface area is 176 Å². The molecule has 2 aromatic rings. The number of esters is 1. The van der Waals surface area contributed by atoms with E-state index in [2.05, 4.69) is 10.6 Å². The Hall–Kier alpha value is -3.39. The number of hydrogen-bond donors (Lipinski definition) is 2. The zero-order valence-corrected chi connectivity index (χ0v) is 16.6. The molecule has 0 saturated carbocycles. The van der Waals surface area contributed by atoms with Crippen LogP contribution in [0.4, 0.5) is 14.9 Å². The number of ether oxygens (including phenoxy) is 1. The van der Waals surface area contributed by atoms with Crippen LogP contribution >= 0.6 is 11.6 Å². The summed E-state index contributed by atoms with van der Waals surface area (Å²) in [6.07, 6.45) is 0. The van der Waals surface area contributed by atoms with Crippen molar-refractivity contribution in [3.05, 3.63) is 75.7 Å². The molecule has 0 bridgehead atoms. The molecule has 2 heterocycles. The van der Waals surface area contributed by atoms with Gasteiger partial charge in [0.15, 0.2) is 5.82 Å². The first-order chi connectivity index (χ1) is 14.3. The second kappa shape index (κ2) is 7.79. The van der Waals surface area contributed by atoms with Gasteiger partial charge < -0.3 is 15.4 Å². The lowest BCUT2D eigenvalue weighted by atomic mass is 9.95. The first-order valence-electron chi connectivity index (χ1n) is 9.14. The number of amides is 3. The van der Waals surface area contributed by atoms with Crippen molar-refractivity contribution in [1.82, 2.24) is 10.2 Å². The topological polar surface area (TPSA) is 87.7 Å². The SMILES string of the molecule is Cc1ccc([C@@H]2NC(=O)N(CC(=O)Nc3cccc(Cl)c3F)C3=C2C(=O)OC3)cc1. The minimum Gasteiger partial charge on any atom is -0.456 e. The Bertz CT molecular complexity index is 1080. The van der Waals surface area contributed by atoms with E-state index >= 15 is 0 Å². The van der Waals surface area contributed by atoms with E-state index in [1.165, 1.54) is 18.2 Å². The van der Waals surface area contributed by atoms with Gasteiger partial charge >= 0.3 is 12.0 Å². The van der Waals surface area contributed by atoms with E-state index in [0.717, 1.165) is 16.0 Å². The molecule has 2 aliphatic rings. The van der Waals surface area contributed by atoms with Crippen molar-refractivity contribution in [2.75, 3.05) is 18.5 Å². The quantitative estimate of drug-likeness (QED) is 0.730. The molecule has 2 N–H and O–H groups in total. The summed E-state index contributed by atoms with van der Waals surface area (Å²) in [5, 5.41) is 5.00. The second-order valence-electron chi connectivity index (χ2n) is 6.97. The molecular formula is C21H17ClFN3O4. The molecular weight excluding hydrogens is 413 g/mol. The lowest BCUT2D eigenvalue weighted by Crippen LogP contribution is -2.49. The van der Waals surface area contributed by atoms with E-state index in [1.54, 1.807) is 0 Å². The largest absolute Gasteiger partial charge is 0.456 e. The average Bonchev–Trinajstić information content (AvgIpc) is 3.10. The molecule has 154 valence electrons. The summed E-state index contributed by atoms with van der Waals surface area (Å²) >= 11 is 5.72. The van der Waals surface area contributed by atoms with Crippen LogP contribution in [0.2, 0.25) is 5.02 Å². The molecule has 0 unspecified atom stereocenters. The van der Waals surface area contributed by atoms with E-state index in [4.69, 9.17) is 16.3 Å². The van der Waals surface area contributed by atoms with E-state index in [1.807, 2.05) is 31.2 Å². The van der Waals surface area contributed by atoms with Gasteiger partial charge in [0.1, 0.15) is 13.2 Å². The number of halogens is 2. The standard InChI is InChI=1S/C21H17ClFN3O4/c1-11-5-7-12(8-6-11)19-17-15(10-30-20(17)28)26(21(29)25-19)9-16(27)24-14-4-2-3-13(22)18(14)23/h2-8,19H,9-10H2,1H3,(H,24,27)(H,25,29)/t19-/m0/s1. The number of cyclic esters (lactones) is 1. The molecule has 0 spiro atoms. The molecule has 0 aromatic heterocycles. The summed E-state index contributed by atoms with van der Waals surface area (Å²) in [6.45, 7) is 1.39. The number of benzene rings is 2. The highest BCUT2D eigenvalue weighted by Gasteiger charge is 2.42. The van der Waals surface area contributed by atoms with Gasteiger partial charge in [-0.25, -0.2) is 14.0 Å². The highest BCUT2D eigenvalue weighted by Crippen LogP contribution is 2.35. The van der Waals surface area contributed by atoms with Gasteiger partial charge in [0.2, 0.25) is 5.91 Å². The van der Waals surface area contributed by atoms with Crippen LogP contribution in [0.15, 0.2) is 53.7 Å². The zero-order chi connectivity index (χ0) is 21.4. The first-order valence-corrected chi connectivity index (χ1v) is 9.51. The average molecular weight is 430 g/mol. The Morgan fingerprint density at radius 3 is 2.73 bits per heavy atom. The third kappa shape index (κ3) is 3.61. The van der Waals surface area contributed by atoms with Gasteiger partial charge in [-0.15, -0.1) is 0 Å². The Balaban J connectivity index is 1.60. The second-order valence-corrected chi connectivity index (χ2v) is 7.37. The molecule has 0 radical (unpaired) electrons. The Morgan fingerprint density at radius 1 is 1.27 bits per heavy atom. The fourth-order valence-electron chi connectivity index (χ4n) is 3.42. The molecule has 4 rings (SSSR count). The third-order valence-corrected chi connectivity index (χ3v) is 5.23. The Morgan fingerprint density at radius 2 is 2.00 bits per heavy atom. The molecule has 0 fully saturated rings. The number of aryl methyl sites for hydroxylation is 1. The van der Waals surface area contributed by atoms with E-state index < -0.39 is 36.3 Å². The van der Waals surface area contributed by atoms with Crippen molar-refractivity contribution in [2.24, 2.45) is 0 Å². The van der Waals surface area contributed by atoms with Crippen LogP contribution in [0.3, 0.4) is 0 Å². The molecule has 30 heavy (non-hydrogen) atoms. The van der Waals surface area contributed by atoms with Crippen molar-refractivity contribution in [3.63, 3.8) is 0 Å². The molecule has 0 aliphatic carbocycles. The smallest absolute Gasteiger partial charge is 0.338 e. The lowest BCUT2D eigenvalue weighted by molar-refractivity contribution is -0.136. The highest BCUT2D eigenvalue weighted by atomic mass is 35.5. The molecule has 3 amide bonds. The maximum absolute atomic E-state index is 14.0. The lowest BCUT2D eigenvalue weighted by Gasteiger charge is -2.32. The van der Waals surface area contributed by atoms with Gasteiger partial charge in [-0.3, -0.25) is 9.69 Å². The van der Waals surface area contributed by atoms with Crippen LogP contribution in [0.25, 0.3) is 0 Å². The van der Waals surface area contributed by atoms with E-state index in [0.29, 0.717) is 5.70 Å². The Kier molecular flexibility index (Phi) is 5.17. The number of nitrogens with zero attached hydrogens (tertiary/aromatic N) is 1. The van der Waals surface area contributed by atoms with Crippen molar-refractivity contribution in [3.8, 4) is 0 Å². The number of anilines is 1. The number of hydrogen-bond acceptors (Lipinski definition) is 4. The predicted octanol–water partition coefficient (Wildman–Crippen LogP) is 3.30. The van der Waals surface area contributed by atoms with Crippen LogP contribution in [0.5, 0.6) is 0 Å². The van der Waals surface area contributed by atoms with Gasteiger partial charge in [0, 0.05) is 0 Å². The fraction of sp³-hybridized carbons (Fsp3) is 0.190. The number of urea groups is 1. The van der Waals surface area contributed by atoms with Crippen LogP contribution in [-0.4, -0.2) is 36.0 Å². The molecule has 0 saturated heterocycles. The fourth-order valence-corrected chi connectivity index (χ4v) is 3.60. The van der Waals surface area contributed by atoms with Crippen molar-refractivity contribution < 1.29 is 23.5 Å². The van der Waals surface area contributed by atoms with Crippen LogP contribution in [-0.2, 0) is 14.3 Å². The summed E-state index contributed by atoms with van der Waals surface area (Å²) < 4.78 is 19.2. The molecule has 9 heteroatoms. The van der Waals surface area contributed by atoms with Gasteiger partial charge in [0.05, 0.1) is 28.0 Å². The molecule has 7 nitrogen and oxygen atoms in total. The van der Waals surface area contributed by atoms with Crippen LogP contribution in [0.1, 0.15) is 17.2 Å². The summed E-state index contributed by atoms with van der Waals surface area (Å²) in [5.74, 6) is -1.97. The summed E-state index contributed by atoms with van der Waals surface area (Å²) in [7, 11) is 0. The number of rotatable bonds is 4. The normalized spacial score (nSPS) is 18.1. The highest BCUT2D eigenvalue weighted by molar-refractivity contribution is 6.31. The molecule has 2 aliphatic heterocycles.